The Labute approximate surface area is 48.5 Å². The molecular formula is C5H11FS. The Bertz CT molecular complexity index is 39.1. The fraction of sp³-hybridized carbons (Fsp3) is 1.00. The van der Waals surface area contributed by atoms with Crippen LogP contribution >= 0.6 is 11.8 Å². The molecule has 7 heavy (non-hydrogen) atoms. The third kappa shape index (κ3) is 4.13. The first-order valence-corrected chi connectivity index (χ1v) is 3.53. The van der Waals surface area contributed by atoms with E-state index in [2.05, 4.69) is 0 Å². The van der Waals surface area contributed by atoms with Crippen molar-refractivity contribution in [1.29, 1.82) is 0 Å². The zero-order chi connectivity index (χ0) is 5.70. The lowest BCUT2D eigenvalue weighted by Gasteiger charge is -2.00. The molecule has 0 saturated heterocycles. The van der Waals surface area contributed by atoms with Gasteiger partial charge >= 0.3 is 0 Å². The van der Waals surface area contributed by atoms with Gasteiger partial charge < -0.3 is 0 Å². The summed E-state index contributed by atoms with van der Waals surface area (Å²) in [5, 5.41) is 0.199. The molecule has 0 bridgehead atoms. The first-order chi connectivity index (χ1) is 3.31. The van der Waals surface area contributed by atoms with Gasteiger partial charge in [-0.3, -0.25) is 0 Å². The third-order valence-corrected chi connectivity index (χ3v) is 1.70. The van der Waals surface area contributed by atoms with E-state index in [9.17, 15) is 4.39 Å². The Kier molecular flexibility index (Phi) is 4.62. The van der Waals surface area contributed by atoms with Crippen LogP contribution in [0.15, 0.2) is 0 Å². The van der Waals surface area contributed by atoms with Crippen LogP contribution < -0.4 is 0 Å². The van der Waals surface area contributed by atoms with Crippen LogP contribution in [-0.2, 0) is 0 Å². The van der Waals surface area contributed by atoms with Gasteiger partial charge in [-0.2, -0.15) is 11.8 Å². The van der Waals surface area contributed by atoms with Crippen LogP contribution in [0.3, 0.4) is 0 Å². The van der Waals surface area contributed by atoms with Gasteiger partial charge in [-0.15, -0.1) is 0 Å². The highest BCUT2D eigenvalue weighted by molar-refractivity contribution is 7.99. The van der Waals surface area contributed by atoms with Gasteiger partial charge in [0.15, 0.2) is 0 Å². The van der Waals surface area contributed by atoms with E-state index in [1.807, 2.05) is 13.8 Å². The molecule has 0 fully saturated rings. The highest BCUT2D eigenvalue weighted by Crippen LogP contribution is 2.08. The molecule has 0 aromatic rings. The van der Waals surface area contributed by atoms with Gasteiger partial charge in [0, 0.05) is 5.25 Å². The van der Waals surface area contributed by atoms with Crippen molar-refractivity contribution < 1.29 is 4.39 Å². The van der Waals surface area contributed by atoms with Crippen LogP contribution in [0.25, 0.3) is 0 Å². The Balaban J connectivity index is 2.83. The van der Waals surface area contributed by atoms with E-state index in [4.69, 9.17) is 0 Å². The minimum atomic E-state index is -0.196. The first-order valence-electron chi connectivity index (χ1n) is 2.48. The minimum Gasteiger partial charge on any atom is -0.250 e. The fourth-order valence-electron chi connectivity index (χ4n) is 0.329. The Hall–Kier alpha value is 0.280. The maximum atomic E-state index is 11.6. The molecule has 0 aliphatic carbocycles. The Morgan fingerprint density at radius 2 is 2.29 bits per heavy atom. The lowest BCUT2D eigenvalue weighted by Crippen LogP contribution is -1.97. The summed E-state index contributed by atoms with van der Waals surface area (Å²) >= 11 is 1.66. The highest BCUT2D eigenvalue weighted by atomic mass is 32.2. The number of halogens is 1. The minimum absolute atomic E-state index is 0.196. The Morgan fingerprint density at radius 1 is 1.71 bits per heavy atom. The number of hydrogen-bond acceptors (Lipinski definition) is 1. The van der Waals surface area contributed by atoms with Crippen LogP contribution in [0.1, 0.15) is 13.8 Å². The summed E-state index contributed by atoms with van der Waals surface area (Å²) in [6, 6.07) is 0. The van der Waals surface area contributed by atoms with Crippen molar-refractivity contribution in [3.05, 3.63) is 0 Å². The lowest BCUT2D eigenvalue weighted by atomic mass is 10.5. The molecule has 0 radical (unpaired) electrons. The second-order valence-electron chi connectivity index (χ2n) is 1.42. The molecule has 0 aliphatic heterocycles. The van der Waals surface area contributed by atoms with E-state index in [-0.39, 0.29) is 11.9 Å². The average Bonchev–Trinajstić information content (AvgIpc) is 1.68. The molecule has 0 aliphatic rings. The molecule has 0 aromatic heterocycles. The molecule has 2 heteroatoms. The molecule has 1 atom stereocenters. The van der Waals surface area contributed by atoms with E-state index in [0.29, 0.717) is 0 Å². The molecule has 1 unspecified atom stereocenters. The summed E-state index contributed by atoms with van der Waals surface area (Å²) in [6.45, 7) is 3.74. The van der Waals surface area contributed by atoms with Gasteiger partial charge in [0.1, 0.15) is 6.67 Å². The molecule has 0 heterocycles. The van der Waals surface area contributed by atoms with Crippen molar-refractivity contribution in [3.8, 4) is 0 Å². The monoisotopic (exact) mass is 122 g/mol. The second-order valence-corrected chi connectivity index (χ2v) is 3.14. The van der Waals surface area contributed by atoms with Crippen LogP contribution in [0.4, 0.5) is 4.39 Å². The van der Waals surface area contributed by atoms with Crippen LogP contribution in [-0.4, -0.2) is 17.7 Å². The van der Waals surface area contributed by atoms with Gasteiger partial charge in [0.05, 0.1) is 0 Å². The molecule has 0 aromatic carbocycles. The topological polar surface area (TPSA) is 0 Å². The molecule has 0 nitrogen and oxygen atoms in total. The average molecular weight is 122 g/mol. The summed E-state index contributed by atoms with van der Waals surface area (Å²) < 4.78 is 11.6. The summed E-state index contributed by atoms with van der Waals surface area (Å²) in [7, 11) is 0. The highest BCUT2D eigenvalue weighted by Gasteiger charge is 1.95. The van der Waals surface area contributed by atoms with Crippen molar-refractivity contribution in [2.75, 3.05) is 12.4 Å². The third-order valence-electron chi connectivity index (χ3n) is 0.668. The number of alkyl halides is 1. The SMILES string of the molecule is CCSC(C)CF. The predicted octanol–water partition coefficient (Wildman–Crippen LogP) is 2.10. The van der Waals surface area contributed by atoms with Gasteiger partial charge in [-0.25, -0.2) is 4.39 Å². The first kappa shape index (κ1) is 7.28. The van der Waals surface area contributed by atoms with Crippen molar-refractivity contribution in [1.82, 2.24) is 0 Å². The molecule has 0 spiro atoms. The second kappa shape index (κ2) is 4.44. The summed E-state index contributed by atoms with van der Waals surface area (Å²) in [6.07, 6.45) is 0. The fourth-order valence-corrected chi connectivity index (χ4v) is 0.987. The molecule has 0 N–H and O–H groups in total. The number of rotatable bonds is 3. The lowest BCUT2D eigenvalue weighted by molar-refractivity contribution is 0.494. The summed E-state index contributed by atoms with van der Waals surface area (Å²) in [5.74, 6) is 1.02. The van der Waals surface area contributed by atoms with E-state index >= 15 is 0 Å². The van der Waals surface area contributed by atoms with E-state index in [1.165, 1.54) is 0 Å². The Morgan fingerprint density at radius 3 is 2.43 bits per heavy atom. The smallest absolute Gasteiger partial charge is 0.101 e. The standard InChI is InChI=1S/C5H11FS/c1-3-7-5(2)4-6/h5H,3-4H2,1-2H3. The molecule has 44 valence electrons. The number of thioether (sulfide) groups is 1. The predicted molar refractivity (Wildman–Crippen MR) is 33.6 cm³/mol. The van der Waals surface area contributed by atoms with Gasteiger partial charge in [-0.1, -0.05) is 13.8 Å². The van der Waals surface area contributed by atoms with Crippen molar-refractivity contribution in [2.24, 2.45) is 0 Å². The van der Waals surface area contributed by atoms with Crippen molar-refractivity contribution in [3.63, 3.8) is 0 Å². The summed E-state index contributed by atoms with van der Waals surface area (Å²) in [4.78, 5) is 0. The van der Waals surface area contributed by atoms with Crippen molar-refractivity contribution in [2.45, 2.75) is 19.1 Å². The van der Waals surface area contributed by atoms with E-state index in [1.54, 1.807) is 11.8 Å². The van der Waals surface area contributed by atoms with Crippen LogP contribution in [0.2, 0.25) is 0 Å². The quantitative estimate of drug-likeness (QED) is 0.552. The van der Waals surface area contributed by atoms with E-state index in [0.717, 1.165) is 5.75 Å². The van der Waals surface area contributed by atoms with E-state index < -0.39 is 0 Å². The normalized spacial score (nSPS) is 14.1. The van der Waals surface area contributed by atoms with Crippen LogP contribution in [0.5, 0.6) is 0 Å². The number of hydrogen-bond donors (Lipinski definition) is 0. The molecule has 0 rings (SSSR count). The molecular weight excluding hydrogens is 111 g/mol. The van der Waals surface area contributed by atoms with Gasteiger partial charge in [-0.05, 0) is 5.75 Å². The maximum absolute atomic E-state index is 11.6. The maximum Gasteiger partial charge on any atom is 0.101 e. The van der Waals surface area contributed by atoms with Crippen molar-refractivity contribution >= 4 is 11.8 Å². The molecule has 0 amide bonds. The van der Waals surface area contributed by atoms with Crippen LogP contribution in [0, 0.1) is 0 Å². The van der Waals surface area contributed by atoms with Gasteiger partial charge in [0.25, 0.3) is 0 Å². The molecule has 0 saturated carbocycles. The zero-order valence-corrected chi connectivity index (χ0v) is 5.59. The zero-order valence-electron chi connectivity index (χ0n) is 4.78. The summed E-state index contributed by atoms with van der Waals surface area (Å²) in [5.41, 5.74) is 0. The largest absolute Gasteiger partial charge is 0.250 e. The van der Waals surface area contributed by atoms with Gasteiger partial charge in [0.2, 0.25) is 0 Å².